The fraction of sp³-hybridized carbons (Fsp3) is 0.625. The highest BCUT2D eigenvalue weighted by Crippen LogP contribution is 1.83. The molecule has 0 radical (unpaired) electrons. The van der Waals surface area contributed by atoms with Crippen LogP contribution in [0.15, 0.2) is 12.5 Å². The molecule has 1 heterocycles. The third-order valence-electron chi connectivity index (χ3n) is 0.924. The van der Waals surface area contributed by atoms with Gasteiger partial charge in [-0.15, -0.1) is 0 Å². The molecule has 1 aromatic rings. The van der Waals surface area contributed by atoms with Crippen LogP contribution in [0.5, 0.6) is 0 Å². The lowest BCUT2D eigenvalue weighted by atomic mass is 10.6. The van der Waals surface area contributed by atoms with Crippen molar-refractivity contribution >= 4 is 11.8 Å². The molecule has 1 aromatic heterocycles. The number of hydrogen-bond acceptors (Lipinski definition) is 2. The molecule has 1 rings (SSSR count). The van der Waals surface area contributed by atoms with Gasteiger partial charge in [0.2, 0.25) is 0 Å². The van der Waals surface area contributed by atoms with Crippen molar-refractivity contribution in [2.45, 2.75) is 21.3 Å². The van der Waals surface area contributed by atoms with Crippen LogP contribution in [0.25, 0.3) is 0 Å². The van der Waals surface area contributed by atoms with Crippen LogP contribution in [-0.4, -0.2) is 22.0 Å². The average Bonchev–Trinajstić information content (AvgIpc) is 2.40. The lowest BCUT2D eigenvalue weighted by molar-refractivity contribution is 1.25. The second-order valence-corrected chi connectivity index (χ2v) is 2.97. The third-order valence-corrected chi connectivity index (χ3v) is 1.50. The van der Waals surface area contributed by atoms with Gasteiger partial charge >= 0.3 is 0 Å². The van der Waals surface area contributed by atoms with Gasteiger partial charge in [-0.1, -0.05) is 14.4 Å². The van der Waals surface area contributed by atoms with Gasteiger partial charge in [0.1, 0.15) is 0 Å². The minimum absolute atomic E-state index is 0. The Balaban J connectivity index is 0. The molecule has 1 N–H and O–H groups in total. The van der Waals surface area contributed by atoms with Crippen molar-refractivity contribution in [3.05, 3.63) is 18.2 Å². The predicted octanol–water partition coefficient (Wildman–Crippen LogP) is 2.72. The molecule has 0 amide bonds. The number of hydrogen-bond donors (Lipinski definition) is 1. The van der Waals surface area contributed by atoms with E-state index in [0.717, 1.165) is 5.69 Å². The number of nitrogens with one attached hydrogen (secondary N) is 1. The van der Waals surface area contributed by atoms with E-state index < -0.39 is 0 Å². The normalized spacial score (nSPS) is 7.55. The SMILES string of the molecule is C.CCSC.Cc1cnc[nH]1. The van der Waals surface area contributed by atoms with E-state index in [1.54, 1.807) is 12.5 Å². The van der Waals surface area contributed by atoms with E-state index in [2.05, 4.69) is 23.1 Å². The molecule has 0 fully saturated rings. The van der Waals surface area contributed by atoms with Crippen molar-refractivity contribution in [2.75, 3.05) is 12.0 Å². The van der Waals surface area contributed by atoms with Crippen LogP contribution in [0, 0.1) is 6.92 Å². The molecule has 0 aliphatic carbocycles. The molecule has 2 nitrogen and oxygen atoms in total. The van der Waals surface area contributed by atoms with E-state index in [1.807, 2.05) is 18.7 Å². The summed E-state index contributed by atoms with van der Waals surface area (Å²) in [5.41, 5.74) is 1.11. The largest absolute Gasteiger partial charge is 0.349 e. The van der Waals surface area contributed by atoms with E-state index in [1.165, 1.54) is 5.75 Å². The van der Waals surface area contributed by atoms with Gasteiger partial charge in [-0.2, -0.15) is 11.8 Å². The molecule has 0 aliphatic rings. The smallest absolute Gasteiger partial charge is 0.0921 e. The van der Waals surface area contributed by atoms with E-state index in [-0.39, 0.29) is 7.43 Å². The van der Waals surface area contributed by atoms with Crippen molar-refractivity contribution < 1.29 is 0 Å². The van der Waals surface area contributed by atoms with E-state index in [4.69, 9.17) is 0 Å². The summed E-state index contributed by atoms with van der Waals surface area (Å²) in [7, 11) is 0. The van der Waals surface area contributed by atoms with Crippen LogP contribution >= 0.6 is 11.8 Å². The molecule has 0 saturated carbocycles. The molecular weight excluding hydrogens is 156 g/mol. The molecule has 0 atom stereocenters. The topological polar surface area (TPSA) is 28.7 Å². The van der Waals surface area contributed by atoms with Crippen LogP contribution in [-0.2, 0) is 0 Å². The lowest BCUT2D eigenvalue weighted by Gasteiger charge is -1.69. The first-order chi connectivity index (χ1) is 4.81. The second-order valence-electron chi connectivity index (χ2n) is 1.81. The number of imidazole rings is 1. The van der Waals surface area contributed by atoms with E-state index >= 15 is 0 Å². The maximum atomic E-state index is 3.77. The predicted molar refractivity (Wildman–Crippen MR) is 54.1 cm³/mol. The van der Waals surface area contributed by atoms with Crippen LogP contribution < -0.4 is 0 Å². The number of rotatable bonds is 1. The summed E-state index contributed by atoms with van der Waals surface area (Å²) in [4.78, 5) is 6.66. The van der Waals surface area contributed by atoms with Gasteiger partial charge in [0.05, 0.1) is 6.33 Å². The van der Waals surface area contributed by atoms with Gasteiger partial charge in [-0.05, 0) is 18.9 Å². The molecule has 0 bridgehead atoms. The molecule has 0 aliphatic heterocycles. The first-order valence-corrected chi connectivity index (χ1v) is 4.64. The van der Waals surface area contributed by atoms with Gasteiger partial charge < -0.3 is 4.98 Å². The summed E-state index contributed by atoms with van der Waals surface area (Å²) in [5.74, 6) is 1.24. The Labute approximate surface area is 73.8 Å². The van der Waals surface area contributed by atoms with E-state index in [0.29, 0.717) is 0 Å². The van der Waals surface area contributed by atoms with Crippen molar-refractivity contribution in [3.8, 4) is 0 Å². The molecule has 66 valence electrons. The van der Waals surface area contributed by atoms with Crippen LogP contribution in [0.3, 0.4) is 0 Å². The second kappa shape index (κ2) is 9.56. The summed E-state index contributed by atoms with van der Waals surface area (Å²) in [6.07, 6.45) is 5.54. The molecule has 0 unspecified atom stereocenters. The fourth-order valence-electron chi connectivity index (χ4n) is 0.325. The van der Waals surface area contributed by atoms with Crippen molar-refractivity contribution in [3.63, 3.8) is 0 Å². The number of aromatic amines is 1. The molecule has 0 spiro atoms. The summed E-state index contributed by atoms with van der Waals surface area (Å²) in [6.45, 7) is 4.11. The number of aryl methyl sites for hydroxylation is 1. The van der Waals surface area contributed by atoms with Crippen molar-refractivity contribution in [1.82, 2.24) is 9.97 Å². The monoisotopic (exact) mass is 174 g/mol. The molecule has 11 heavy (non-hydrogen) atoms. The molecule has 0 saturated heterocycles. The quantitative estimate of drug-likeness (QED) is 0.709. The average molecular weight is 174 g/mol. The molecule has 0 aromatic carbocycles. The zero-order chi connectivity index (χ0) is 7.82. The number of H-pyrrole nitrogens is 1. The minimum Gasteiger partial charge on any atom is -0.349 e. The van der Waals surface area contributed by atoms with Gasteiger partial charge in [-0.25, -0.2) is 4.98 Å². The summed E-state index contributed by atoms with van der Waals surface area (Å²) in [5, 5.41) is 0. The molecular formula is C8H18N2S. The van der Waals surface area contributed by atoms with Crippen molar-refractivity contribution in [2.24, 2.45) is 0 Å². The zero-order valence-corrected chi connectivity index (χ0v) is 7.53. The maximum absolute atomic E-state index is 3.77. The maximum Gasteiger partial charge on any atom is 0.0921 e. The van der Waals surface area contributed by atoms with Gasteiger partial charge in [0, 0.05) is 11.9 Å². The first-order valence-electron chi connectivity index (χ1n) is 3.25. The minimum atomic E-state index is 0. The highest BCUT2D eigenvalue weighted by atomic mass is 32.2. The number of nitrogens with zero attached hydrogens (tertiary/aromatic N) is 1. The standard InChI is InChI=1S/C4H6N2.C3H8S.CH4/c1-4-2-5-3-6-4;1-3-4-2;/h2-3H,1H3,(H,5,6);3H2,1-2H3;1H4. The molecule has 3 heteroatoms. The van der Waals surface area contributed by atoms with Crippen molar-refractivity contribution in [1.29, 1.82) is 0 Å². The summed E-state index contributed by atoms with van der Waals surface area (Å²) in [6, 6.07) is 0. The summed E-state index contributed by atoms with van der Waals surface area (Å²) < 4.78 is 0. The van der Waals surface area contributed by atoms with Crippen LogP contribution in [0.2, 0.25) is 0 Å². The van der Waals surface area contributed by atoms with Gasteiger partial charge in [0.25, 0.3) is 0 Å². The Hall–Kier alpha value is -0.440. The highest BCUT2D eigenvalue weighted by molar-refractivity contribution is 7.98. The lowest BCUT2D eigenvalue weighted by Crippen LogP contribution is -1.59. The fourth-order valence-corrected chi connectivity index (χ4v) is 0.325. The van der Waals surface area contributed by atoms with Gasteiger partial charge in [-0.3, -0.25) is 0 Å². The Bertz CT molecular complexity index is 136. The van der Waals surface area contributed by atoms with Crippen LogP contribution in [0.1, 0.15) is 20.0 Å². The highest BCUT2D eigenvalue weighted by Gasteiger charge is 1.73. The van der Waals surface area contributed by atoms with Crippen LogP contribution in [0.4, 0.5) is 0 Å². The zero-order valence-electron chi connectivity index (χ0n) is 6.72. The first kappa shape index (κ1) is 13.2. The Morgan fingerprint density at radius 3 is 2.27 bits per heavy atom. The number of aromatic nitrogens is 2. The van der Waals surface area contributed by atoms with Gasteiger partial charge in [0.15, 0.2) is 0 Å². The third kappa shape index (κ3) is 9.56. The Kier molecular flexibility index (Phi) is 11.4. The Morgan fingerprint density at radius 2 is 2.18 bits per heavy atom. The number of thioether (sulfide) groups is 1. The summed E-state index contributed by atoms with van der Waals surface area (Å²) >= 11 is 1.86. The van der Waals surface area contributed by atoms with E-state index in [9.17, 15) is 0 Å². The Morgan fingerprint density at radius 1 is 1.64 bits per heavy atom.